The molecule has 2 amide bonds. The third kappa shape index (κ3) is 5.31. The molecular weight excluding hydrogens is 308 g/mol. The topological polar surface area (TPSA) is 83.5 Å². The number of alkyl halides is 2. The van der Waals surface area contributed by atoms with E-state index in [0.717, 1.165) is 12.8 Å². The van der Waals surface area contributed by atoms with Crippen LogP contribution in [0.3, 0.4) is 0 Å². The monoisotopic (exact) mass is 329 g/mol. The predicted octanol–water partition coefficient (Wildman–Crippen LogP) is 2.20. The van der Waals surface area contributed by atoms with Gasteiger partial charge in [-0.2, -0.15) is 8.78 Å². The van der Waals surface area contributed by atoms with Crippen LogP contribution < -0.4 is 15.4 Å². The summed E-state index contributed by atoms with van der Waals surface area (Å²) in [7, 11) is 0. The number of hydrogen-bond acceptors (Lipinski definition) is 4. The number of urea groups is 1. The minimum absolute atomic E-state index is 0.154. The first-order chi connectivity index (χ1) is 11.0. The molecule has 23 heavy (non-hydrogen) atoms. The maximum atomic E-state index is 12.2. The molecule has 0 saturated heterocycles. The van der Waals surface area contributed by atoms with Gasteiger partial charge in [0, 0.05) is 24.9 Å². The Hall–Kier alpha value is -1.96. The minimum Gasteiger partial charge on any atom is -0.417 e. The first-order valence-electron chi connectivity index (χ1n) is 7.56. The van der Waals surface area contributed by atoms with Crippen molar-refractivity contribution in [3.63, 3.8) is 0 Å². The third-order valence-corrected chi connectivity index (χ3v) is 3.80. The quantitative estimate of drug-likeness (QED) is 0.716. The van der Waals surface area contributed by atoms with Crippen LogP contribution in [0.15, 0.2) is 18.3 Å². The van der Waals surface area contributed by atoms with E-state index in [2.05, 4.69) is 27.3 Å². The Morgan fingerprint density at radius 3 is 2.87 bits per heavy atom. The number of pyridine rings is 1. The van der Waals surface area contributed by atoms with Crippen LogP contribution in [0.1, 0.15) is 37.8 Å². The number of rotatable bonds is 7. The van der Waals surface area contributed by atoms with Gasteiger partial charge in [0.2, 0.25) is 5.88 Å². The van der Waals surface area contributed by atoms with Gasteiger partial charge in [-0.15, -0.1) is 0 Å². The van der Waals surface area contributed by atoms with Crippen LogP contribution in [-0.2, 0) is 0 Å². The van der Waals surface area contributed by atoms with E-state index in [-0.39, 0.29) is 31.0 Å². The fraction of sp³-hybridized carbons (Fsp3) is 0.600. The van der Waals surface area contributed by atoms with E-state index in [4.69, 9.17) is 5.11 Å². The second kappa shape index (κ2) is 8.05. The molecule has 1 fully saturated rings. The highest BCUT2D eigenvalue weighted by Gasteiger charge is 2.27. The van der Waals surface area contributed by atoms with Gasteiger partial charge < -0.3 is 20.5 Å². The van der Waals surface area contributed by atoms with Crippen molar-refractivity contribution in [3.05, 3.63) is 23.9 Å². The van der Waals surface area contributed by atoms with Crippen molar-refractivity contribution in [3.8, 4) is 5.88 Å². The predicted molar refractivity (Wildman–Crippen MR) is 79.2 cm³/mol. The SMILES string of the molecule is CC1CC(NC(=O)NC(CCO)c2ccnc(OC(F)F)c2)C1. The van der Waals surface area contributed by atoms with Gasteiger partial charge in [0.25, 0.3) is 0 Å². The zero-order valence-corrected chi connectivity index (χ0v) is 12.8. The molecule has 6 nitrogen and oxygen atoms in total. The van der Waals surface area contributed by atoms with Gasteiger partial charge in [-0.3, -0.25) is 0 Å². The summed E-state index contributed by atoms with van der Waals surface area (Å²) in [6, 6.07) is 2.23. The highest BCUT2D eigenvalue weighted by Crippen LogP contribution is 2.26. The molecule has 1 atom stereocenters. The highest BCUT2D eigenvalue weighted by molar-refractivity contribution is 5.75. The average Bonchev–Trinajstić information content (AvgIpc) is 2.45. The van der Waals surface area contributed by atoms with Crippen molar-refractivity contribution in [2.24, 2.45) is 5.92 Å². The number of ether oxygens (including phenoxy) is 1. The second-order valence-electron chi connectivity index (χ2n) is 5.76. The summed E-state index contributed by atoms with van der Waals surface area (Å²) in [4.78, 5) is 15.7. The molecule has 0 radical (unpaired) electrons. The molecule has 1 saturated carbocycles. The van der Waals surface area contributed by atoms with Crippen molar-refractivity contribution >= 4 is 6.03 Å². The number of nitrogens with one attached hydrogen (secondary N) is 2. The summed E-state index contributed by atoms with van der Waals surface area (Å²) in [5.41, 5.74) is 0.543. The van der Waals surface area contributed by atoms with Gasteiger partial charge in [0.1, 0.15) is 0 Å². The first-order valence-corrected chi connectivity index (χ1v) is 7.56. The number of carbonyl (C=O) groups excluding carboxylic acids is 1. The Kier molecular flexibility index (Phi) is 6.09. The Morgan fingerprint density at radius 1 is 1.52 bits per heavy atom. The number of aromatic nitrogens is 1. The summed E-state index contributed by atoms with van der Waals surface area (Å²) in [5.74, 6) is 0.387. The van der Waals surface area contributed by atoms with Gasteiger partial charge >= 0.3 is 12.6 Å². The number of nitrogens with zero attached hydrogens (tertiary/aromatic N) is 1. The first kappa shape index (κ1) is 17.4. The van der Waals surface area contributed by atoms with Crippen LogP contribution in [-0.4, -0.2) is 35.4 Å². The maximum Gasteiger partial charge on any atom is 0.388 e. The largest absolute Gasteiger partial charge is 0.417 e. The highest BCUT2D eigenvalue weighted by atomic mass is 19.3. The maximum absolute atomic E-state index is 12.2. The number of aliphatic hydroxyl groups excluding tert-OH is 1. The molecule has 1 aromatic heterocycles. The van der Waals surface area contributed by atoms with Gasteiger partial charge in [-0.05, 0) is 36.8 Å². The van der Waals surface area contributed by atoms with Crippen molar-refractivity contribution < 1.29 is 23.4 Å². The standard InChI is InChI=1S/C15H21F2N3O3/c1-9-6-11(7-9)19-15(22)20-12(3-5-21)10-2-4-18-13(8-10)23-14(16)17/h2,4,8-9,11-12,14,21H,3,5-7H2,1H3,(H2,19,20,22). The van der Waals surface area contributed by atoms with Crippen LogP contribution in [0.25, 0.3) is 0 Å². The normalized spacial score (nSPS) is 21.4. The van der Waals surface area contributed by atoms with E-state index >= 15 is 0 Å². The molecule has 3 N–H and O–H groups in total. The summed E-state index contributed by atoms with van der Waals surface area (Å²) < 4.78 is 28.8. The molecule has 1 unspecified atom stereocenters. The van der Waals surface area contributed by atoms with Gasteiger partial charge in [-0.1, -0.05) is 6.92 Å². The smallest absolute Gasteiger partial charge is 0.388 e. The Balaban J connectivity index is 1.98. The van der Waals surface area contributed by atoms with Crippen LogP contribution in [0.4, 0.5) is 13.6 Å². The van der Waals surface area contributed by atoms with Gasteiger partial charge in [0.05, 0.1) is 6.04 Å². The summed E-state index contributed by atoms with van der Waals surface area (Å²) in [6.45, 7) is -1.00. The van der Waals surface area contributed by atoms with E-state index in [1.165, 1.54) is 12.3 Å². The number of carbonyl (C=O) groups is 1. The molecule has 2 rings (SSSR count). The van der Waals surface area contributed by atoms with Crippen LogP contribution in [0.5, 0.6) is 5.88 Å². The molecule has 0 aromatic carbocycles. The molecule has 8 heteroatoms. The lowest BCUT2D eigenvalue weighted by atomic mass is 9.82. The average molecular weight is 329 g/mol. The van der Waals surface area contributed by atoms with Crippen molar-refractivity contribution in [2.75, 3.05) is 6.61 Å². The van der Waals surface area contributed by atoms with Crippen molar-refractivity contribution in [2.45, 2.75) is 44.9 Å². The number of halogens is 2. The molecule has 1 aliphatic rings. The fourth-order valence-corrected chi connectivity index (χ4v) is 2.65. The third-order valence-electron chi connectivity index (χ3n) is 3.80. The second-order valence-corrected chi connectivity index (χ2v) is 5.76. The van der Waals surface area contributed by atoms with E-state index in [0.29, 0.717) is 11.5 Å². The molecule has 1 heterocycles. The van der Waals surface area contributed by atoms with E-state index in [9.17, 15) is 13.6 Å². The number of aliphatic hydroxyl groups is 1. The lowest BCUT2D eigenvalue weighted by Gasteiger charge is -2.33. The summed E-state index contributed by atoms with van der Waals surface area (Å²) in [5, 5.41) is 14.8. The zero-order chi connectivity index (χ0) is 16.8. The van der Waals surface area contributed by atoms with E-state index in [1.54, 1.807) is 6.07 Å². The number of hydrogen-bond donors (Lipinski definition) is 3. The Morgan fingerprint density at radius 2 is 2.26 bits per heavy atom. The fourth-order valence-electron chi connectivity index (χ4n) is 2.65. The summed E-state index contributed by atoms with van der Waals surface area (Å²) >= 11 is 0. The molecule has 0 aliphatic heterocycles. The van der Waals surface area contributed by atoms with Gasteiger partial charge in [0.15, 0.2) is 0 Å². The molecule has 0 spiro atoms. The minimum atomic E-state index is -2.97. The Bertz CT molecular complexity index is 524. The molecule has 128 valence electrons. The molecule has 1 aromatic rings. The van der Waals surface area contributed by atoms with Crippen molar-refractivity contribution in [1.82, 2.24) is 15.6 Å². The lowest BCUT2D eigenvalue weighted by molar-refractivity contribution is -0.0529. The van der Waals surface area contributed by atoms with Gasteiger partial charge in [-0.25, -0.2) is 9.78 Å². The number of amides is 2. The van der Waals surface area contributed by atoms with Crippen LogP contribution in [0.2, 0.25) is 0 Å². The molecule has 1 aliphatic carbocycles. The van der Waals surface area contributed by atoms with Crippen molar-refractivity contribution in [1.29, 1.82) is 0 Å². The molecular formula is C15H21F2N3O3. The van der Waals surface area contributed by atoms with Crippen LogP contribution in [0, 0.1) is 5.92 Å². The summed E-state index contributed by atoms with van der Waals surface area (Å²) in [6.07, 6.45) is 3.47. The lowest BCUT2D eigenvalue weighted by Crippen LogP contribution is -2.48. The molecule has 0 bridgehead atoms. The van der Waals surface area contributed by atoms with Crippen LogP contribution >= 0.6 is 0 Å². The van der Waals surface area contributed by atoms with E-state index in [1.807, 2.05) is 0 Å². The zero-order valence-electron chi connectivity index (χ0n) is 12.8. The van der Waals surface area contributed by atoms with E-state index < -0.39 is 12.7 Å². The Labute approximate surface area is 133 Å².